The van der Waals surface area contributed by atoms with E-state index >= 15 is 0 Å². The lowest BCUT2D eigenvalue weighted by Gasteiger charge is -2.49. The van der Waals surface area contributed by atoms with Crippen molar-refractivity contribution in [2.24, 2.45) is 0 Å². The predicted octanol–water partition coefficient (Wildman–Crippen LogP) is 3.84. The number of rotatable bonds is 4. The molecule has 2 atom stereocenters. The largest absolute Gasteiger partial charge is 0.355 e. The first-order chi connectivity index (χ1) is 18.5. The van der Waals surface area contributed by atoms with Crippen molar-refractivity contribution in [3.05, 3.63) is 101 Å². The number of aromatic amines is 1. The molecule has 0 spiro atoms. The molecule has 4 N–H and O–H groups in total. The molecule has 6 rings (SSSR count). The molecule has 3 amide bonds. The van der Waals surface area contributed by atoms with Gasteiger partial charge in [0.25, 0.3) is 11.8 Å². The van der Waals surface area contributed by atoms with Gasteiger partial charge in [0.1, 0.15) is 12.2 Å². The van der Waals surface area contributed by atoms with Crippen LogP contribution in [-0.4, -0.2) is 45.9 Å². The summed E-state index contributed by atoms with van der Waals surface area (Å²) in [4.78, 5) is 46.1. The summed E-state index contributed by atoms with van der Waals surface area (Å²) in [5.41, 5.74) is 7.13. The zero-order valence-corrected chi connectivity index (χ0v) is 20.5. The number of nitrogens with one attached hydrogen (secondary N) is 3. The van der Waals surface area contributed by atoms with Crippen LogP contribution in [0.3, 0.4) is 0 Å². The van der Waals surface area contributed by atoms with E-state index < -0.39 is 18.1 Å². The summed E-state index contributed by atoms with van der Waals surface area (Å²) in [5, 5.41) is 12.6. The molecule has 0 unspecified atom stereocenters. The number of H-pyrrole nitrogens is 1. The Kier molecular flexibility index (Phi) is 5.69. The molecule has 3 aromatic carbocycles. The van der Waals surface area contributed by atoms with E-state index in [-0.39, 0.29) is 11.8 Å². The third-order valence-electron chi connectivity index (χ3n) is 7.24. The summed E-state index contributed by atoms with van der Waals surface area (Å²) in [6.45, 7) is 0. The molecular formula is C29H25N5O4. The van der Waals surface area contributed by atoms with Gasteiger partial charge in [0.15, 0.2) is 0 Å². The molecule has 1 aromatic heterocycles. The van der Waals surface area contributed by atoms with Crippen LogP contribution >= 0.6 is 0 Å². The normalized spacial score (nSPS) is 18.2. The van der Waals surface area contributed by atoms with Gasteiger partial charge in [0.2, 0.25) is 5.91 Å². The summed E-state index contributed by atoms with van der Waals surface area (Å²) in [6.07, 6.45) is 2.65. The van der Waals surface area contributed by atoms with Crippen molar-refractivity contribution in [1.82, 2.24) is 15.4 Å². The highest BCUT2D eigenvalue weighted by Crippen LogP contribution is 2.45. The van der Waals surface area contributed by atoms with Crippen LogP contribution in [0.1, 0.15) is 33.3 Å². The molecule has 9 nitrogen and oxygen atoms in total. The van der Waals surface area contributed by atoms with Crippen LogP contribution in [0.2, 0.25) is 0 Å². The van der Waals surface area contributed by atoms with Gasteiger partial charge in [0.05, 0.1) is 16.9 Å². The number of benzene rings is 3. The van der Waals surface area contributed by atoms with E-state index in [2.05, 4.69) is 10.3 Å². The van der Waals surface area contributed by atoms with Crippen molar-refractivity contribution in [1.29, 1.82) is 0 Å². The van der Waals surface area contributed by atoms with Gasteiger partial charge in [-0.05, 0) is 47.5 Å². The van der Waals surface area contributed by atoms with Crippen molar-refractivity contribution < 1.29 is 19.6 Å². The molecule has 3 heterocycles. The fourth-order valence-electron chi connectivity index (χ4n) is 5.46. The second-order valence-corrected chi connectivity index (χ2v) is 9.42. The summed E-state index contributed by atoms with van der Waals surface area (Å²) in [5.74, 6) is -1.10. The second kappa shape index (κ2) is 9.20. The Hall–Kier alpha value is -4.89. The lowest BCUT2D eigenvalue weighted by atomic mass is 9.90. The molecule has 0 aliphatic carbocycles. The van der Waals surface area contributed by atoms with Crippen molar-refractivity contribution in [2.75, 3.05) is 17.3 Å². The minimum Gasteiger partial charge on any atom is -0.355 e. The van der Waals surface area contributed by atoms with E-state index in [4.69, 9.17) is 5.21 Å². The van der Waals surface area contributed by atoms with Crippen LogP contribution in [0.5, 0.6) is 0 Å². The topological polar surface area (TPSA) is 118 Å². The lowest BCUT2D eigenvalue weighted by Crippen LogP contribution is -2.59. The third kappa shape index (κ3) is 3.80. The van der Waals surface area contributed by atoms with E-state index in [1.54, 1.807) is 46.8 Å². The SMILES string of the molecule is CN1c2ccccc2C(=O)N2[C@H](C(=O)Nc3ccc(/C=C/C(=O)NO)cc3)Cc3c([nH]c4ccccc34)[C@@H]12. The van der Waals surface area contributed by atoms with Gasteiger partial charge in [-0.3, -0.25) is 19.6 Å². The number of nitrogens with zero attached hydrogens (tertiary/aromatic N) is 2. The number of hydrogen-bond acceptors (Lipinski definition) is 5. The molecule has 0 radical (unpaired) electrons. The highest BCUT2D eigenvalue weighted by Gasteiger charge is 2.48. The van der Waals surface area contributed by atoms with Crippen LogP contribution in [0.4, 0.5) is 11.4 Å². The van der Waals surface area contributed by atoms with Gasteiger partial charge in [-0.25, -0.2) is 5.48 Å². The number of hydroxylamine groups is 1. The minimum absolute atomic E-state index is 0.184. The molecule has 4 aromatic rings. The Morgan fingerprint density at radius 3 is 2.55 bits per heavy atom. The third-order valence-corrected chi connectivity index (χ3v) is 7.24. The van der Waals surface area contributed by atoms with E-state index in [0.29, 0.717) is 17.7 Å². The molecule has 2 aliphatic rings. The number of carbonyl (C=O) groups is 3. The van der Waals surface area contributed by atoms with Crippen LogP contribution in [0.25, 0.3) is 17.0 Å². The Balaban J connectivity index is 1.37. The van der Waals surface area contributed by atoms with Crippen LogP contribution < -0.4 is 15.7 Å². The number of para-hydroxylation sites is 2. The second-order valence-electron chi connectivity index (χ2n) is 9.42. The maximum absolute atomic E-state index is 13.8. The fourth-order valence-corrected chi connectivity index (χ4v) is 5.46. The first-order valence-electron chi connectivity index (χ1n) is 12.2. The summed E-state index contributed by atoms with van der Waals surface area (Å²) >= 11 is 0. The molecular weight excluding hydrogens is 482 g/mol. The molecule has 38 heavy (non-hydrogen) atoms. The molecule has 0 saturated heterocycles. The summed E-state index contributed by atoms with van der Waals surface area (Å²) in [7, 11) is 1.95. The van der Waals surface area contributed by atoms with Gasteiger partial charge in [0, 0.05) is 36.1 Å². The minimum atomic E-state index is -0.733. The van der Waals surface area contributed by atoms with Gasteiger partial charge >= 0.3 is 0 Å². The number of amides is 3. The maximum atomic E-state index is 13.8. The monoisotopic (exact) mass is 507 g/mol. The first-order valence-corrected chi connectivity index (χ1v) is 12.2. The van der Waals surface area contributed by atoms with Crippen molar-refractivity contribution in [3.8, 4) is 0 Å². The zero-order valence-electron chi connectivity index (χ0n) is 20.5. The average Bonchev–Trinajstić information content (AvgIpc) is 3.33. The van der Waals surface area contributed by atoms with E-state index in [1.165, 1.54) is 6.08 Å². The average molecular weight is 508 g/mol. The lowest BCUT2D eigenvalue weighted by molar-refractivity contribution is -0.124. The van der Waals surface area contributed by atoms with Crippen molar-refractivity contribution in [3.63, 3.8) is 0 Å². The Bertz CT molecular complexity index is 1610. The number of carbonyl (C=O) groups excluding carboxylic acids is 3. The van der Waals surface area contributed by atoms with E-state index in [0.717, 1.165) is 33.4 Å². The molecule has 0 saturated carbocycles. The van der Waals surface area contributed by atoms with E-state index in [1.807, 2.05) is 54.4 Å². The van der Waals surface area contributed by atoms with Crippen LogP contribution in [0, 0.1) is 0 Å². The standard InChI is InChI=1S/C29H25N5O4/c1-33-23-9-5-3-7-20(23)29(37)34-24(16-21-19-6-2-4-8-22(19)31-26(21)28(33)34)27(36)30-18-13-10-17(11-14-18)12-15-25(35)32-38/h2-15,24,28,31,38H,16H2,1H3,(H,30,36)(H,32,35)/b15-12+/t24-,28-/m0/s1. The summed E-state index contributed by atoms with van der Waals surface area (Å²) in [6, 6.07) is 21.7. The molecule has 9 heteroatoms. The number of aromatic nitrogens is 1. The molecule has 0 bridgehead atoms. The highest BCUT2D eigenvalue weighted by atomic mass is 16.5. The quantitative estimate of drug-likeness (QED) is 0.190. The zero-order chi connectivity index (χ0) is 26.4. The number of anilines is 2. The van der Waals surface area contributed by atoms with Crippen molar-refractivity contribution in [2.45, 2.75) is 18.6 Å². The van der Waals surface area contributed by atoms with Crippen LogP contribution in [-0.2, 0) is 16.0 Å². The first kappa shape index (κ1) is 23.5. The predicted molar refractivity (Wildman–Crippen MR) is 144 cm³/mol. The van der Waals surface area contributed by atoms with E-state index in [9.17, 15) is 14.4 Å². The number of hydrogen-bond donors (Lipinski definition) is 4. The fraction of sp³-hybridized carbons (Fsp3) is 0.138. The van der Waals surface area contributed by atoms with Gasteiger partial charge in [-0.2, -0.15) is 0 Å². The molecule has 0 fully saturated rings. The summed E-state index contributed by atoms with van der Waals surface area (Å²) < 4.78 is 0. The Morgan fingerprint density at radius 2 is 1.76 bits per heavy atom. The smallest absolute Gasteiger partial charge is 0.267 e. The Labute approximate surface area is 218 Å². The van der Waals surface area contributed by atoms with Gasteiger partial charge in [-0.1, -0.05) is 42.5 Å². The molecule has 190 valence electrons. The van der Waals surface area contributed by atoms with Gasteiger partial charge < -0.3 is 20.1 Å². The van der Waals surface area contributed by atoms with Gasteiger partial charge in [-0.15, -0.1) is 0 Å². The Morgan fingerprint density at radius 1 is 1.03 bits per heavy atom. The van der Waals surface area contributed by atoms with Crippen LogP contribution in [0.15, 0.2) is 78.9 Å². The number of fused-ring (bicyclic) bond motifs is 6. The molecule has 2 aliphatic heterocycles. The van der Waals surface area contributed by atoms with Crippen molar-refractivity contribution >= 4 is 46.1 Å². The maximum Gasteiger partial charge on any atom is 0.267 e. The highest BCUT2D eigenvalue weighted by molar-refractivity contribution is 6.07.